The minimum Gasteiger partial charge on any atom is -0.378 e. The van der Waals surface area contributed by atoms with Crippen molar-refractivity contribution in [2.75, 3.05) is 6.67 Å². The highest BCUT2D eigenvalue weighted by molar-refractivity contribution is 6.09. The van der Waals surface area contributed by atoms with Crippen LogP contribution in [0.15, 0.2) is 29.4 Å². The summed E-state index contributed by atoms with van der Waals surface area (Å²) in [7, 11) is 1.96. The maximum Gasteiger partial charge on any atom is 0.268 e. The highest BCUT2D eigenvalue weighted by Crippen LogP contribution is 2.34. The van der Waals surface area contributed by atoms with Crippen LogP contribution < -0.4 is 5.32 Å². The maximum absolute atomic E-state index is 12.9. The quantitative estimate of drug-likeness (QED) is 0.793. The van der Waals surface area contributed by atoms with E-state index in [-0.39, 0.29) is 0 Å². The van der Waals surface area contributed by atoms with Gasteiger partial charge < -0.3 is 14.7 Å². The summed E-state index contributed by atoms with van der Waals surface area (Å²) >= 11 is 0. The molecule has 0 bridgehead atoms. The summed E-state index contributed by atoms with van der Waals surface area (Å²) in [6.07, 6.45) is 1.000. The number of hydrogen-bond donors (Lipinski definition) is 1. The second-order valence-electron chi connectivity index (χ2n) is 7.24. The summed E-state index contributed by atoms with van der Waals surface area (Å²) in [6, 6.07) is 7.21. The number of para-hydroxylation sites is 1. The lowest BCUT2D eigenvalue weighted by Gasteiger charge is -2.26. The molecule has 0 saturated heterocycles. The van der Waals surface area contributed by atoms with Gasteiger partial charge in [-0.2, -0.15) is 0 Å². The molecule has 1 N–H and O–H groups in total. The monoisotopic (exact) mass is 387 g/mol. The molecule has 0 spiro atoms. The number of aromatic nitrogens is 1. The first kappa shape index (κ1) is 20.0. The maximum atomic E-state index is 12.9. The number of amides is 1. The van der Waals surface area contributed by atoms with Gasteiger partial charge in [-0.05, 0) is 31.4 Å². The normalized spacial score (nSPS) is 20.0. The van der Waals surface area contributed by atoms with Gasteiger partial charge in [-0.3, -0.25) is 9.59 Å². The Balaban J connectivity index is 1.88. The van der Waals surface area contributed by atoms with Gasteiger partial charge in [0, 0.05) is 24.4 Å². The number of Topliss-reactive ketones (excluding diaryl/α,β-unsaturated/α-hetero) is 1. The average Bonchev–Trinajstić information content (AvgIpc) is 3.26. The first-order valence-corrected chi connectivity index (χ1v) is 9.57. The first-order chi connectivity index (χ1) is 13.4. The third kappa shape index (κ3) is 3.19. The Hall–Kier alpha value is -2.70. The number of halogens is 1. The summed E-state index contributed by atoms with van der Waals surface area (Å²) in [4.78, 5) is 30.3. The van der Waals surface area contributed by atoms with Gasteiger partial charge in [0.05, 0.1) is 11.7 Å². The number of ketones is 1. The number of carbonyl (C=O) groups is 2. The molecule has 2 unspecified atom stereocenters. The molecule has 1 amide bonds. The minimum atomic E-state index is -1.19. The van der Waals surface area contributed by atoms with E-state index in [0.717, 1.165) is 22.2 Å². The van der Waals surface area contributed by atoms with Crippen molar-refractivity contribution in [3.05, 3.63) is 35.5 Å². The second-order valence-corrected chi connectivity index (χ2v) is 7.24. The number of oxime groups is 1. The molecule has 3 rings (SSSR count). The van der Waals surface area contributed by atoms with Crippen molar-refractivity contribution >= 4 is 28.3 Å². The molecule has 2 atom stereocenters. The van der Waals surface area contributed by atoms with E-state index in [0.29, 0.717) is 25.0 Å². The highest BCUT2D eigenvalue weighted by atomic mass is 19.1. The summed E-state index contributed by atoms with van der Waals surface area (Å²) in [6.45, 7) is 4.49. The Kier molecular flexibility index (Phi) is 5.54. The molecule has 1 aromatic heterocycles. The van der Waals surface area contributed by atoms with Gasteiger partial charge in [0.1, 0.15) is 12.4 Å². The molecular weight excluding hydrogens is 361 g/mol. The van der Waals surface area contributed by atoms with Crippen LogP contribution in [0.2, 0.25) is 0 Å². The Morgan fingerprint density at radius 2 is 2.07 bits per heavy atom. The number of benzene rings is 1. The summed E-state index contributed by atoms with van der Waals surface area (Å²) in [5.74, 6) is -1.07. The molecule has 1 aliphatic heterocycles. The molecule has 2 heterocycles. The lowest BCUT2D eigenvalue weighted by molar-refractivity contribution is -0.146. The van der Waals surface area contributed by atoms with Crippen molar-refractivity contribution in [3.63, 3.8) is 0 Å². The van der Waals surface area contributed by atoms with Crippen molar-refractivity contribution in [2.45, 2.75) is 51.7 Å². The van der Waals surface area contributed by atoms with Crippen LogP contribution in [0.4, 0.5) is 4.39 Å². The van der Waals surface area contributed by atoms with Gasteiger partial charge in [-0.15, -0.1) is 0 Å². The van der Waals surface area contributed by atoms with E-state index in [1.54, 1.807) is 6.92 Å². The van der Waals surface area contributed by atoms with Crippen molar-refractivity contribution in [1.82, 2.24) is 9.88 Å². The first-order valence-electron chi connectivity index (χ1n) is 9.57. The van der Waals surface area contributed by atoms with Crippen LogP contribution in [0.5, 0.6) is 0 Å². The molecule has 6 nitrogen and oxygen atoms in total. The molecular formula is C21H26FN3O3. The number of carbonyl (C=O) groups excluding carboxylic acids is 2. The lowest BCUT2D eigenvalue weighted by Crippen LogP contribution is -2.52. The minimum absolute atomic E-state index is 0.292. The fourth-order valence-electron chi connectivity index (χ4n) is 3.86. The Bertz CT molecular complexity index is 911. The Morgan fingerprint density at radius 3 is 2.68 bits per heavy atom. The van der Waals surface area contributed by atoms with E-state index in [4.69, 9.17) is 4.84 Å². The zero-order valence-corrected chi connectivity index (χ0v) is 16.7. The van der Waals surface area contributed by atoms with Gasteiger partial charge >= 0.3 is 0 Å². The summed E-state index contributed by atoms with van der Waals surface area (Å²) in [5, 5.41) is 8.01. The summed E-state index contributed by atoms with van der Waals surface area (Å²) < 4.78 is 14.8. The third-order valence-electron chi connectivity index (χ3n) is 5.64. The van der Waals surface area contributed by atoms with E-state index >= 15 is 0 Å². The molecule has 1 aromatic carbocycles. The van der Waals surface area contributed by atoms with E-state index in [1.807, 2.05) is 39.1 Å². The van der Waals surface area contributed by atoms with Crippen LogP contribution in [0.1, 0.15) is 44.4 Å². The van der Waals surface area contributed by atoms with Crippen molar-refractivity contribution in [1.29, 1.82) is 0 Å². The van der Waals surface area contributed by atoms with Crippen LogP contribution >= 0.6 is 0 Å². The molecule has 150 valence electrons. The number of hydrogen-bond acceptors (Lipinski definition) is 4. The molecule has 7 heteroatoms. The second kappa shape index (κ2) is 7.73. The van der Waals surface area contributed by atoms with Gasteiger partial charge in [0.2, 0.25) is 5.60 Å². The van der Waals surface area contributed by atoms with Crippen LogP contribution in [0, 0.1) is 6.92 Å². The van der Waals surface area contributed by atoms with Gasteiger partial charge in [-0.1, -0.05) is 37.2 Å². The van der Waals surface area contributed by atoms with E-state index in [9.17, 15) is 14.0 Å². The standard InChI is InChI=1S/C21H26FN3O3/c1-5-15(18(26)12-22)23-20(27)21(6-2)11-16(24-28-21)19-13(3)14-9-7-8-10-17(14)25(19)4/h7-10,15H,5-6,11-12H2,1-4H3,(H,23,27). The fraction of sp³-hybridized carbons (Fsp3) is 0.476. The van der Waals surface area contributed by atoms with Crippen LogP contribution in [-0.2, 0) is 21.5 Å². The number of nitrogens with one attached hydrogen (secondary N) is 1. The van der Waals surface area contributed by atoms with Crippen molar-refractivity contribution in [3.8, 4) is 0 Å². The molecule has 2 aromatic rings. The predicted molar refractivity (Wildman–Crippen MR) is 106 cm³/mol. The van der Waals surface area contributed by atoms with Crippen LogP contribution in [0.3, 0.4) is 0 Å². The van der Waals surface area contributed by atoms with E-state index in [2.05, 4.69) is 21.1 Å². The van der Waals surface area contributed by atoms with Crippen molar-refractivity contribution < 1.29 is 18.8 Å². The van der Waals surface area contributed by atoms with Crippen LogP contribution in [0.25, 0.3) is 10.9 Å². The van der Waals surface area contributed by atoms with Crippen molar-refractivity contribution in [2.24, 2.45) is 12.2 Å². The predicted octanol–water partition coefficient (Wildman–Crippen LogP) is 3.19. The topological polar surface area (TPSA) is 72.7 Å². The van der Waals surface area contributed by atoms with Gasteiger partial charge in [0.15, 0.2) is 5.78 Å². The van der Waals surface area contributed by atoms with Gasteiger partial charge in [-0.25, -0.2) is 4.39 Å². The number of rotatable bonds is 7. The lowest BCUT2D eigenvalue weighted by atomic mass is 9.91. The molecule has 1 aliphatic rings. The molecule has 0 fully saturated rings. The third-order valence-corrected chi connectivity index (χ3v) is 5.64. The molecule has 0 radical (unpaired) electrons. The Morgan fingerprint density at radius 1 is 1.36 bits per heavy atom. The van der Waals surface area contributed by atoms with E-state index in [1.165, 1.54) is 0 Å². The van der Waals surface area contributed by atoms with E-state index < -0.39 is 30.0 Å². The smallest absolute Gasteiger partial charge is 0.268 e. The number of alkyl halides is 1. The molecule has 0 aliphatic carbocycles. The number of aryl methyl sites for hydroxylation is 2. The fourth-order valence-corrected chi connectivity index (χ4v) is 3.86. The summed E-state index contributed by atoms with van der Waals surface area (Å²) in [5.41, 5.74) is 2.58. The average molecular weight is 387 g/mol. The molecule has 0 saturated carbocycles. The van der Waals surface area contributed by atoms with Crippen LogP contribution in [-0.4, -0.2) is 40.3 Å². The zero-order chi connectivity index (χ0) is 20.5. The van der Waals surface area contributed by atoms with Gasteiger partial charge in [0.25, 0.3) is 5.91 Å². The number of fused-ring (bicyclic) bond motifs is 1. The zero-order valence-electron chi connectivity index (χ0n) is 16.7. The molecule has 28 heavy (non-hydrogen) atoms. The highest BCUT2D eigenvalue weighted by Gasteiger charge is 2.47. The Labute approximate surface area is 163 Å². The number of nitrogens with zero attached hydrogens (tertiary/aromatic N) is 2. The largest absolute Gasteiger partial charge is 0.378 e. The SMILES string of the molecule is CCC(NC(=O)C1(CC)CC(c2c(C)c3ccccc3n2C)=NO1)C(=O)CF.